The molecule has 102 valence electrons. The SMILES string of the molecule is COc1c(NN)ncnc1Oc1ccc(C#N)cc1F. The summed E-state index contributed by atoms with van der Waals surface area (Å²) < 4.78 is 24.1. The first-order valence-corrected chi connectivity index (χ1v) is 5.42. The molecule has 1 aromatic carbocycles. The molecule has 0 bridgehead atoms. The molecule has 0 saturated heterocycles. The van der Waals surface area contributed by atoms with E-state index < -0.39 is 5.82 Å². The van der Waals surface area contributed by atoms with Crippen LogP contribution in [0.25, 0.3) is 0 Å². The lowest BCUT2D eigenvalue weighted by Gasteiger charge is -2.11. The molecule has 0 radical (unpaired) electrons. The fourth-order valence-corrected chi connectivity index (χ4v) is 1.47. The molecule has 1 aromatic heterocycles. The number of benzene rings is 1. The topological polar surface area (TPSA) is 106 Å². The van der Waals surface area contributed by atoms with Gasteiger partial charge >= 0.3 is 0 Å². The van der Waals surface area contributed by atoms with Crippen molar-refractivity contribution in [3.63, 3.8) is 0 Å². The van der Waals surface area contributed by atoms with Crippen molar-refractivity contribution in [2.24, 2.45) is 5.84 Å². The van der Waals surface area contributed by atoms with Crippen LogP contribution in [-0.4, -0.2) is 17.1 Å². The van der Waals surface area contributed by atoms with E-state index in [9.17, 15) is 4.39 Å². The van der Waals surface area contributed by atoms with Gasteiger partial charge < -0.3 is 14.9 Å². The molecule has 2 aromatic rings. The molecule has 2 rings (SSSR count). The third-order valence-electron chi connectivity index (χ3n) is 2.38. The molecule has 1 heterocycles. The number of hydrazine groups is 1. The Hall–Kier alpha value is -2.92. The highest BCUT2D eigenvalue weighted by Gasteiger charge is 2.15. The predicted molar refractivity (Wildman–Crippen MR) is 67.6 cm³/mol. The number of hydrogen-bond donors (Lipinski definition) is 2. The van der Waals surface area contributed by atoms with Crippen molar-refractivity contribution in [2.45, 2.75) is 0 Å². The molecule has 0 aliphatic carbocycles. The number of nitrogen functional groups attached to an aromatic ring is 1. The lowest BCUT2D eigenvalue weighted by molar-refractivity contribution is 0.360. The van der Waals surface area contributed by atoms with Crippen molar-refractivity contribution in [1.29, 1.82) is 5.26 Å². The average Bonchev–Trinajstić information content (AvgIpc) is 2.48. The van der Waals surface area contributed by atoms with E-state index in [4.69, 9.17) is 20.6 Å². The van der Waals surface area contributed by atoms with Gasteiger partial charge in [0.05, 0.1) is 18.7 Å². The quantitative estimate of drug-likeness (QED) is 0.644. The van der Waals surface area contributed by atoms with Crippen LogP contribution in [0.3, 0.4) is 0 Å². The summed E-state index contributed by atoms with van der Waals surface area (Å²) in [6.07, 6.45) is 1.19. The highest BCUT2D eigenvalue weighted by molar-refractivity contribution is 5.55. The van der Waals surface area contributed by atoms with E-state index in [0.29, 0.717) is 0 Å². The molecule has 0 fully saturated rings. The Morgan fingerprint density at radius 3 is 2.80 bits per heavy atom. The maximum absolute atomic E-state index is 13.7. The van der Waals surface area contributed by atoms with Crippen LogP contribution in [0.1, 0.15) is 5.56 Å². The number of anilines is 1. The molecule has 7 nitrogen and oxygen atoms in total. The normalized spacial score (nSPS) is 9.70. The Bertz CT molecular complexity index is 671. The molecule has 0 aliphatic rings. The zero-order valence-corrected chi connectivity index (χ0v) is 10.4. The lowest BCUT2D eigenvalue weighted by atomic mass is 10.2. The van der Waals surface area contributed by atoms with E-state index in [2.05, 4.69) is 15.4 Å². The molecule has 0 saturated carbocycles. The molecule has 20 heavy (non-hydrogen) atoms. The molecule has 0 atom stereocenters. The summed E-state index contributed by atoms with van der Waals surface area (Å²) in [4.78, 5) is 7.68. The number of rotatable bonds is 4. The van der Waals surface area contributed by atoms with Gasteiger partial charge in [0.2, 0.25) is 5.75 Å². The van der Waals surface area contributed by atoms with Crippen LogP contribution in [0.4, 0.5) is 10.2 Å². The van der Waals surface area contributed by atoms with Crippen molar-refractivity contribution in [1.82, 2.24) is 9.97 Å². The van der Waals surface area contributed by atoms with Crippen LogP contribution in [0.2, 0.25) is 0 Å². The Morgan fingerprint density at radius 2 is 2.20 bits per heavy atom. The van der Waals surface area contributed by atoms with E-state index in [0.717, 1.165) is 6.07 Å². The lowest BCUT2D eigenvalue weighted by Crippen LogP contribution is -2.11. The fourth-order valence-electron chi connectivity index (χ4n) is 1.47. The second kappa shape index (κ2) is 5.81. The summed E-state index contributed by atoms with van der Waals surface area (Å²) in [6.45, 7) is 0. The summed E-state index contributed by atoms with van der Waals surface area (Å²) >= 11 is 0. The second-order valence-corrected chi connectivity index (χ2v) is 3.56. The molecule has 0 aliphatic heterocycles. The molecular weight excluding hydrogens is 265 g/mol. The summed E-state index contributed by atoms with van der Waals surface area (Å²) in [6, 6.07) is 5.64. The average molecular weight is 275 g/mol. The van der Waals surface area contributed by atoms with E-state index >= 15 is 0 Å². The van der Waals surface area contributed by atoms with Gasteiger partial charge in [-0.25, -0.2) is 15.2 Å². The second-order valence-electron chi connectivity index (χ2n) is 3.56. The Kier molecular flexibility index (Phi) is 3.93. The molecular formula is C12H10FN5O2. The van der Waals surface area contributed by atoms with Gasteiger partial charge in [0, 0.05) is 0 Å². The summed E-state index contributed by atoms with van der Waals surface area (Å²) in [5.41, 5.74) is 2.50. The van der Waals surface area contributed by atoms with Crippen LogP contribution in [0.15, 0.2) is 24.5 Å². The van der Waals surface area contributed by atoms with Gasteiger partial charge in [0.1, 0.15) is 6.33 Å². The van der Waals surface area contributed by atoms with Gasteiger partial charge in [0.25, 0.3) is 5.88 Å². The number of nitrogens with two attached hydrogens (primary N) is 1. The monoisotopic (exact) mass is 275 g/mol. The standard InChI is InChI=1S/C12H10FN5O2/c1-19-10-11(18-15)16-6-17-12(10)20-9-3-2-7(5-14)4-8(9)13/h2-4,6H,15H2,1H3,(H,16,17,18). The fraction of sp³-hybridized carbons (Fsp3) is 0.0833. The van der Waals surface area contributed by atoms with Gasteiger partial charge in [0.15, 0.2) is 17.4 Å². The number of hydrogen-bond acceptors (Lipinski definition) is 7. The summed E-state index contributed by atoms with van der Waals surface area (Å²) in [5.74, 6) is 4.83. The number of methoxy groups -OCH3 is 1. The maximum Gasteiger partial charge on any atom is 0.268 e. The number of nitrogens with zero attached hydrogens (tertiary/aromatic N) is 3. The van der Waals surface area contributed by atoms with Gasteiger partial charge in [-0.2, -0.15) is 10.2 Å². The Morgan fingerprint density at radius 1 is 1.40 bits per heavy atom. The third-order valence-corrected chi connectivity index (χ3v) is 2.38. The van der Waals surface area contributed by atoms with Crippen molar-refractivity contribution < 1.29 is 13.9 Å². The highest BCUT2D eigenvalue weighted by Crippen LogP contribution is 2.34. The van der Waals surface area contributed by atoms with Gasteiger partial charge in [-0.05, 0) is 18.2 Å². The summed E-state index contributed by atoms with van der Waals surface area (Å²) in [7, 11) is 1.38. The molecule has 0 unspecified atom stereocenters. The number of aromatic nitrogens is 2. The zero-order chi connectivity index (χ0) is 14.5. The van der Waals surface area contributed by atoms with Crippen LogP contribution in [0, 0.1) is 17.1 Å². The minimum atomic E-state index is -0.688. The molecule has 3 N–H and O–H groups in total. The minimum Gasteiger partial charge on any atom is -0.489 e. The van der Waals surface area contributed by atoms with E-state index in [-0.39, 0.29) is 28.8 Å². The van der Waals surface area contributed by atoms with Crippen molar-refractivity contribution in [2.75, 3.05) is 12.5 Å². The van der Waals surface area contributed by atoms with Crippen molar-refractivity contribution >= 4 is 5.82 Å². The maximum atomic E-state index is 13.7. The van der Waals surface area contributed by atoms with E-state index in [1.165, 1.54) is 25.6 Å². The first kappa shape index (κ1) is 13.5. The van der Waals surface area contributed by atoms with Gasteiger partial charge in [-0.3, -0.25) is 0 Å². The molecule has 0 spiro atoms. The van der Waals surface area contributed by atoms with Crippen LogP contribution < -0.4 is 20.7 Å². The van der Waals surface area contributed by atoms with Crippen molar-refractivity contribution in [3.8, 4) is 23.4 Å². The first-order valence-electron chi connectivity index (χ1n) is 5.42. The zero-order valence-electron chi connectivity index (χ0n) is 10.4. The van der Waals surface area contributed by atoms with E-state index in [1.807, 2.05) is 6.07 Å². The Labute approximate surface area is 113 Å². The number of nitriles is 1. The largest absolute Gasteiger partial charge is 0.489 e. The smallest absolute Gasteiger partial charge is 0.268 e. The number of nitrogens with one attached hydrogen (secondary N) is 1. The number of ether oxygens (including phenoxy) is 2. The predicted octanol–water partition coefficient (Wildman–Crippen LogP) is 1.57. The van der Waals surface area contributed by atoms with Gasteiger partial charge in [-0.1, -0.05) is 0 Å². The van der Waals surface area contributed by atoms with Gasteiger partial charge in [-0.15, -0.1) is 0 Å². The third kappa shape index (κ3) is 2.57. The Balaban J connectivity index is 2.38. The number of halogens is 1. The van der Waals surface area contributed by atoms with Crippen LogP contribution in [0.5, 0.6) is 17.4 Å². The summed E-state index contributed by atoms with van der Waals surface area (Å²) in [5, 5.41) is 8.67. The molecule has 0 amide bonds. The molecule has 8 heteroatoms. The highest BCUT2D eigenvalue weighted by atomic mass is 19.1. The van der Waals surface area contributed by atoms with Crippen molar-refractivity contribution in [3.05, 3.63) is 35.9 Å². The van der Waals surface area contributed by atoms with Crippen LogP contribution >= 0.6 is 0 Å². The first-order chi connectivity index (χ1) is 9.69. The van der Waals surface area contributed by atoms with E-state index in [1.54, 1.807) is 0 Å². The minimum absolute atomic E-state index is 0.000873. The van der Waals surface area contributed by atoms with Crippen LogP contribution in [-0.2, 0) is 0 Å².